The minimum Gasteiger partial charge on any atom is -0.337 e. The van der Waals surface area contributed by atoms with E-state index in [4.69, 9.17) is 0 Å². The molecule has 2 N–H and O–H groups in total. The highest BCUT2D eigenvalue weighted by atomic mass is 35.5. The molecule has 7 heteroatoms. The van der Waals surface area contributed by atoms with Crippen molar-refractivity contribution in [1.82, 2.24) is 20.4 Å². The molecule has 2 bridgehead atoms. The average molecular weight is 351 g/mol. The summed E-state index contributed by atoms with van der Waals surface area (Å²) in [5, 5.41) is 10.3. The number of carbonyl (C=O) groups excluding carboxylic acids is 1. The summed E-state index contributed by atoms with van der Waals surface area (Å²) in [4.78, 5) is 14.8. The van der Waals surface area contributed by atoms with Crippen LogP contribution in [0.4, 0.5) is 4.39 Å². The SMILES string of the molecule is Cl.O=C(c1cn[nH]c1-c1ccccc1F)N1CCC2CCC(C1)N2. The van der Waals surface area contributed by atoms with E-state index in [9.17, 15) is 9.18 Å². The van der Waals surface area contributed by atoms with Crippen molar-refractivity contribution in [1.29, 1.82) is 0 Å². The molecule has 2 aliphatic rings. The van der Waals surface area contributed by atoms with Crippen LogP contribution < -0.4 is 5.32 Å². The Bertz CT molecular complexity index is 735. The monoisotopic (exact) mass is 350 g/mol. The summed E-state index contributed by atoms with van der Waals surface area (Å²) in [6, 6.07) is 7.32. The number of carbonyl (C=O) groups is 1. The molecule has 0 radical (unpaired) electrons. The quantitative estimate of drug-likeness (QED) is 0.875. The number of hydrogen-bond acceptors (Lipinski definition) is 3. The highest BCUT2D eigenvalue weighted by molar-refractivity contribution is 5.99. The maximum absolute atomic E-state index is 14.0. The first-order chi connectivity index (χ1) is 11.2. The van der Waals surface area contributed by atoms with Gasteiger partial charge in [0, 0.05) is 30.7 Å². The molecule has 24 heavy (non-hydrogen) atoms. The molecule has 2 aliphatic heterocycles. The summed E-state index contributed by atoms with van der Waals surface area (Å²) in [6.07, 6.45) is 4.77. The third kappa shape index (κ3) is 3.03. The van der Waals surface area contributed by atoms with E-state index in [-0.39, 0.29) is 24.1 Å². The van der Waals surface area contributed by atoms with Crippen molar-refractivity contribution in [2.45, 2.75) is 31.3 Å². The van der Waals surface area contributed by atoms with Gasteiger partial charge in [-0.3, -0.25) is 9.89 Å². The van der Waals surface area contributed by atoms with Crippen molar-refractivity contribution in [2.75, 3.05) is 13.1 Å². The minimum absolute atomic E-state index is 0. The molecule has 0 aliphatic carbocycles. The predicted octanol–water partition coefficient (Wildman–Crippen LogP) is 2.60. The number of hydrogen-bond donors (Lipinski definition) is 2. The van der Waals surface area contributed by atoms with E-state index >= 15 is 0 Å². The van der Waals surface area contributed by atoms with Gasteiger partial charge in [-0.05, 0) is 31.4 Å². The molecule has 2 saturated heterocycles. The molecule has 3 heterocycles. The Morgan fingerprint density at radius 1 is 1.21 bits per heavy atom. The molecule has 0 saturated carbocycles. The standard InChI is InChI=1S/C17H19FN4O.ClH/c18-15-4-2-1-3-13(15)16-14(9-19-21-16)17(23)22-8-7-11-5-6-12(10-22)20-11;/h1-4,9,11-12,20H,5-8,10H2,(H,19,21);1H. The van der Waals surface area contributed by atoms with Crippen LogP contribution in [0.2, 0.25) is 0 Å². The number of amides is 1. The number of aromatic amines is 1. The van der Waals surface area contributed by atoms with E-state index in [2.05, 4.69) is 15.5 Å². The van der Waals surface area contributed by atoms with Gasteiger partial charge in [-0.15, -0.1) is 12.4 Å². The van der Waals surface area contributed by atoms with Gasteiger partial charge in [-0.2, -0.15) is 5.10 Å². The number of nitrogens with zero attached hydrogens (tertiary/aromatic N) is 2. The van der Waals surface area contributed by atoms with Crippen molar-refractivity contribution < 1.29 is 9.18 Å². The van der Waals surface area contributed by atoms with Crippen molar-refractivity contribution in [3.63, 3.8) is 0 Å². The zero-order chi connectivity index (χ0) is 15.8. The summed E-state index contributed by atoms with van der Waals surface area (Å²) in [7, 11) is 0. The minimum atomic E-state index is -0.359. The maximum atomic E-state index is 14.0. The summed E-state index contributed by atoms with van der Waals surface area (Å²) in [5.74, 6) is -0.436. The zero-order valence-electron chi connectivity index (χ0n) is 13.2. The fourth-order valence-electron chi connectivity index (χ4n) is 3.62. The van der Waals surface area contributed by atoms with Crippen molar-refractivity contribution in [3.8, 4) is 11.3 Å². The van der Waals surface area contributed by atoms with Crippen molar-refractivity contribution >= 4 is 18.3 Å². The van der Waals surface area contributed by atoms with Crippen LogP contribution in [0.25, 0.3) is 11.3 Å². The Balaban J connectivity index is 0.00000169. The molecular weight excluding hydrogens is 331 g/mol. The normalized spacial score (nSPS) is 22.8. The lowest BCUT2D eigenvalue weighted by molar-refractivity contribution is 0.0749. The van der Waals surface area contributed by atoms with Crippen LogP contribution in [-0.2, 0) is 0 Å². The Kier molecular flexibility index (Phi) is 4.87. The average Bonchev–Trinajstić information content (AvgIpc) is 3.14. The number of halogens is 2. The first kappa shape index (κ1) is 16.9. The van der Waals surface area contributed by atoms with E-state index in [0.29, 0.717) is 35.4 Å². The first-order valence-corrected chi connectivity index (χ1v) is 8.06. The fourth-order valence-corrected chi connectivity index (χ4v) is 3.62. The van der Waals surface area contributed by atoms with Gasteiger partial charge in [0.2, 0.25) is 0 Å². The van der Waals surface area contributed by atoms with Gasteiger partial charge >= 0.3 is 0 Å². The molecule has 0 spiro atoms. The number of aromatic nitrogens is 2. The smallest absolute Gasteiger partial charge is 0.257 e. The van der Waals surface area contributed by atoms with E-state index in [1.54, 1.807) is 18.2 Å². The largest absolute Gasteiger partial charge is 0.337 e. The fraction of sp³-hybridized carbons (Fsp3) is 0.412. The van der Waals surface area contributed by atoms with Gasteiger partial charge in [0.15, 0.2) is 0 Å². The van der Waals surface area contributed by atoms with Gasteiger partial charge in [-0.1, -0.05) is 12.1 Å². The number of rotatable bonds is 2. The molecule has 1 amide bonds. The molecule has 4 rings (SSSR count). The van der Waals surface area contributed by atoms with Crippen LogP contribution in [0.1, 0.15) is 29.6 Å². The lowest BCUT2D eigenvalue weighted by Gasteiger charge is -2.24. The molecule has 5 nitrogen and oxygen atoms in total. The van der Waals surface area contributed by atoms with Crippen LogP contribution in [0.3, 0.4) is 0 Å². The Labute approximate surface area is 146 Å². The number of nitrogens with one attached hydrogen (secondary N) is 2. The highest BCUT2D eigenvalue weighted by Gasteiger charge is 2.32. The summed E-state index contributed by atoms with van der Waals surface area (Å²) in [5.41, 5.74) is 1.27. The van der Waals surface area contributed by atoms with E-state index in [1.165, 1.54) is 18.7 Å². The van der Waals surface area contributed by atoms with Gasteiger partial charge < -0.3 is 10.2 Å². The van der Waals surface area contributed by atoms with Crippen molar-refractivity contribution in [3.05, 3.63) is 41.8 Å². The van der Waals surface area contributed by atoms with Gasteiger partial charge in [0.25, 0.3) is 5.91 Å². The highest BCUT2D eigenvalue weighted by Crippen LogP contribution is 2.27. The molecule has 2 atom stereocenters. The zero-order valence-corrected chi connectivity index (χ0v) is 14.0. The topological polar surface area (TPSA) is 61.0 Å². The molecule has 2 unspecified atom stereocenters. The molecule has 1 aromatic heterocycles. The Morgan fingerprint density at radius 3 is 2.83 bits per heavy atom. The molecule has 1 aromatic carbocycles. The second-order valence-electron chi connectivity index (χ2n) is 6.32. The van der Waals surface area contributed by atoms with E-state index in [0.717, 1.165) is 19.4 Å². The lowest BCUT2D eigenvalue weighted by atomic mass is 10.0. The molecule has 2 aromatic rings. The van der Waals surface area contributed by atoms with Crippen LogP contribution in [0.5, 0.6) is 0 Å². The first-order valence-electron chi connectivity index (χ1n) is 8.06. The van der Waals surface area contributed by atoms with Gasteiger partial charge in [0.05, 0.1) is 17.5 Å². The van der Waals surface area contributed by atoms with E-state index in [1.807, 2.05) is 4.90 Å². The number of benzene rings is 1. The third-order valence-electron chi connectivity index (χ3n) is 4.82. The Hall–Kier alpha value is -1.92. The van der Waals surface area contributed by atoms with Gasteiger partial charge in [-0.25, -0.2) is 4.39 Å². The molecule has 128 valence electrons. The van der Waals surface area contributed by atoms with E-state index < -0.39 is 0 Å². The molecule has 2 fully saturated rings. The summed E-state index contributed by atoms with van der Waals surface area (Å²) < 4.78 is 14.0. The summed E-state index contributed by atoms with van der Waals surface area (Å²) in [6.45, 7) is 1.44. The van der Waals surface area contributed by atoms with Crippen LogP contribution in [0, 0.1) is 5.82 Å². The van der Waals surface area contributed by atoms with Crippen molar-refractivity contribution in [2.24, 2.45) is 0 Å². The molecular formula is C17H20ClFN4O. The van der Waals surface area contributed by atoms with Crippen LogP contribution in [-0.4, -0.2) is 46.2 Å². The lowest BCUT2D eigenvalue weighted by Crippen LogP contribution is -2.39. The number of fused-ring (bicyclic) bond motifs is 2. The predicted molar refractivity (Wildman–Crippen MR) is 91.7 cm³/mol. The summed E-state index contributed by atoms with van der Waals surface area (Å²) >= 11 is 0. The second kappa shape index (κ2) is 6.91. The Morgan fingerprint density at radius 2 is 2.00 bits per heavy atom. The third-order valence-corrected chi connectivity index (χ3v) is 4.82. The maximum Gasteiger partial charge on any atom is 0.257 e. The second-order valence-corrected chi connectivity index (χ2v) is 6.32. The van der Waals surface area contributed by atoms with Crippen LogP contribution >= 0.6 is 12.4 Å². The van der Waals surface area contributed by atoms with Crippen LogP contribution in [0.15, 0.2) is 30.5 Å². The number of likely N-dealkylation sites (tertiary alicyclic amines) is 1. The van der Waals surface area contributed by atoms with Gasteiger partial charge in [0.1, 0.15) is 5.82 Å². The number of H-pyrrole nitrogens is 1.